The molecular weight excluding hydrogens is 208 g/mol. The molecule has 0 aromatic carbocycles. The number of amides is 1. The first-order valence-electron chi connectivity index (χ1n) is 5.68. The van der Waals surface area contributed by atoms with Crippen LogP contribution in [-0.4, -0.2) is 41.0 Å². The number of nitrogens with two attached hydrogens (primary N) is 1. The second-order valence-electron chi connectivity index (χ2n) is 4.71. The molecule has 92 valence electrons. The van der Waals surface area contributed by atoms with Crippen LogP contribution in [0.2, 0.25) is 0 Å². The van der Waals surface area contributed by atoms with Crippen molar-refractivity contribution in [3.8, 4) is 0 Å². The minimum absolute atomic E-state index is 0.0141. The third-order valence-electron chi connectivity index (χ3n) is 3.19. The van der Waals surface area contributed by atoms with E-state index in [1.165, 1.54) is 4.90 Å². The predicted molar refractivity (Wildman–Crippen MR) is 59.9 cm³/mol. The van der Waals surface area contributed by atoms with Crippen LogP contribution in [0.25, 0.3) is 0 Å². The summed E-state index contributed by atoms with van der Waals surface area (Å²) in [5.41, 5.74) is 5.74. The summed E-state index contributed by atoms with van der Waals surface area (Å²) in [5.74, 6) is -0.936. The molecule has 0 aromatic rings. The lowest BCUT2D eigenvalue weighted by atomic mass is 9.94. The van der Waals surface area contributed by atoms with Crippen LogP contribution >= 0.6 is 0 Å². The van der Waals surface area contributed by atoms with Gasteiger partial charge in [0.2, 0.25) is 5.91 Å². The zero-order valence-electron chi connectivity index (χ0n) is 9.74. The van der Waals surface area contributed by atoms with Crippen LogP contribution in [0.15, 0.2) is 0 Å². The number of hydrogen-bond donors (Lipinski definition) is 2. The van der Waals surface area contributed by atoms with Gasteiger partial charge in [0, 0.05) is 25.6 Å². The molecule has 3 N–H and O–H groups in total. The van der Waals surface area contributed by atoms with E-state index in [4.69, 9.17) is 10.8 Å². The van der Waals surface area contributed by atoms with Crippen molar-refractivity contribution in [3.05, 3.63) is 0 Å². The molecule has 0 bridgehead atoms. The lowest BCUT2D eigenvalue weighted by molar-refractivity contribution is -0.138. The normalized spacial score (nSPS) is 18.4. The quantitative estimate of drug-likeness (QED) is 0.721. The largest absolute Gasteiger partial charge is 0.481 e. The zero-order valence-corrected chi connectivity index (χ0v) is 9.74. The Balaban J connectivity index is 2.36. The molecule has 1 rings (SSSR count). The van der Waals surface area contributed by atoms with Crippen LogP contribution in [0, 0.1) is 0 Å². The minimum Gasteiger partial charge on any atom is -0.481 e. The maximum atomic E-state index is 11.8. The molecule has 0 heterocycles. The van der Waals surface area contributed by atoms with Gasteiger partial charge in [0.25, 0.3) is 0 Å². The fraction of sp³-hybridized carbons (Fsp3) is 0.818. The van der Waals surface area contributed by atoms with E-state index < -0.39 is 5.97 Å². The van der Waals surface area contributed by atoms with E-state index in [0.717, 1.165) is 25.7 Å². The molecule has 1 fully saturated rings. The molecule has 1 aliphatic carbocycles. The van der Waals surface area contributed by atoms with Gasteiger partial charge in [-0.15, -0.1) is 0 Å². The Morgan fingerprint density at radius 1 is 1.38 bits per heavy atom. The number of nitrogens with zero attached hydrogens (tertiary/aromatic N) is 1. The highest BCUT2D eigenvalue weighted by atomic mass is 16.4. The number of carboxylic acid groups (broad SMARTS) is 1. The first-order chi connectivity index (χ1) is 7.43. The van der Waals surface area contributed by atoms with Gasteiger partial charge in [-0.2, -0.15) is 0 Å². The fourth-order valence-corrected chi connectivity index (χ4v) is 2.08. The number of hydrogen-bond acceptors (Lipinski definition) is 3. The summed E-state index contributed by atoms with van der Waals surface area (Å²) >= 11 is 0. The van der Waals surface area contributed by atoms with E-state index in [2.05, 4.69) is 0 Å². The maximum Gasteiger partial charge on any atom is 0.305 e. The van der Waals surface area contributed by atoms with E-state index in [1.54, 1.807) is 7.05 Å². The summed E-state index contributed by atoms with van der Waals surface area (Å²) < 4.78 is 0. The van der Waals surface area contributed by atoms with Gasteiger partial charge in [0.1, 0.15) is 0 Å². The van der Waals surface area contributed by atoms with E-state index in [9.17, 15) is 9.59 Å². The smallest absolute Gasteiger partial charge is 0.305 e. The lowest BCUT2D eigenvalue weighted by Crippen LogP contribution is -2.43. The van der Waals surface area contributed by atoms with Gasteiger partial charge in [0.05, 0.1) is 6.42 Å². The van der Waals surface area contributed by atoms with Crippen molar-refractivity contribution in [2.24, 2.45) is 5.73 Å². The molecular formula is C11H20N2O3. The van der Waals surface area contributed by atoms with Crippen molar-refractivity contribution in [2.75, 3.05) is 13.6 Å². The number of carbonyl (C=O) groups is 2. The average Bonchev–Trinajstić information content (AvgIpc) is 2.61. The first-order valence-corrected chi connectivity index (χ1v) is 5.68. The second-order valence-corrected chi connectivity index (χ2v) is 4.71. The Hall–Kier alpha value is -1.10. The highest BCUT2D eigenvalue weighted by Gasteiger charge is 2.32. The van der Waals surface area contributed by atoms with E-state index in [-0.39, 0.29) is 24.4 Å². The van der Waals surface area contributed by atoms with E-state index >= 15 is 0 Å². The summed E-state index contributed by atoms with van der Waals surface area (Å²) in [7, 11) is 1.63. The van der Waals surface area contributed by atoms with E-state index in [1.807, 2.05) is 0 Å². The van der Waals surface area contributed by atoms with Crippen LogP contribution in [0.3, 0.4) is 0 Å². The molecule has 0 spiro atoms. The fourth-order valence-electron chi connectivity index (χ4n) is 2.08. The maximum absolute atomic E-state index is 11.8. The summed E-state index contributed by atoms with van der Waals surface area (Å²) in [6, 6.07) is 0. The highest BCUT2D eigenvalue weighted by Crippen LogP contribution is 2.30. The van der Waals surface area contributed by atoms with Crippen molar-refractivity contribution in [1.82, 2.24) is 4.90 Å². The van der Waals surface area contributed by atoms with Gasteiger partial charge in [-0.25, -0.2) is 0 Å². The molecule has 0 aliphatic heterocycles. The summed E-state index contributed by atoms with van der Waals surface area (Å²) in [6.45, 7) is 0.254. The van der Waals surface area contributed by atoms with Gasteiger partial charge >= 0.3 is 5.97 Å². The molecule has 0 aromatic heterocycles. The number of rotatable bonds is 5. The predicted octanol–water partition coefficient (Wildman–Crippen LogP) is 0.581. The third kappa shape index (κ3) is 3.81. The topological polar surface area (TPSA) is 83.6 Å². The molecule has 1 saturated carbocycles. The molecule has 16 heavy (non-hydrogen) atoms. The number of aliphatic carboxylic acids is 1. The summed E-state index contributed by atoms with van der Waals surface area (Å²) in [6.07, 6.45) is 4.28. The van der Waals surface area contributed by atoms with Crippen LogP contribution in [0.1, 0.15) is 38.5 Å². The molecule has 1 aliphatic rings. The molecule has 0 unspecified atom stereocenters. The SMILES string of the molecule is CN(CCC(=O)O)C(=O)CC1(N)CCCC1. The first kappa shape index (κ1) is 13.0. The monoisotopic (exact) mass is 228 g/mol. The summed E-state index contributed by atoms with van der Waals surface area (Å²) in [5, 5.41) is 8.52. The number of carboxylic acids is 1. The summed E-state index contributed by atoms with van der Waals surface area (Å²) in [4.78, 5) is 23.6. The van der Waals surface area contributed by atoms with Crippen molar-refractivity contribution in [3.63, 3.8) is 0 Å². The molecule has 1 amide bonds. The minimum atomic E-state index is -0.886. The Kier molecular flexibility index (Phi) is 4.29. The second kappa shape index (κ2) is 5.30. The average molecular weight is 228 g/mol. The van der Waals surface area contributed by atoms with Gasteiger partial charge in [0.15, 0.2) is 0 Å². The van der Waals surface area contributed by atoms with Gasteiger partial charge in [-0.3, -0.25) is 9.59 Å². The molecule has 0 atom stereocenters. The number of carbonyl (C=O) groups excluding carboxylic acids is 1. The Morgan fingerprint density at radius 3 is 2.44 bits per heavy atom. The van der Waals surface area contributed by atoms with Gasteiger partial charge in [-0.1, -0.05) is 12.8 Å². The van der Waals surface area contributed by atoms with Crippen LogP contribution in [0.4, 0.5) is 0 Å². The zero-order chi connectivity index (χ0) is 12.2. The Bertz CT molecular complexity index is 272. The highest BCUT2D eigenvalue weighted by molar-refractivity contribution is 5.78. The van der Waals surface area contributed by atoms with Crippen molar-refractivity contribution in [1.29, 1.82) is 0 Å². The van der Waals surface area contributed by atoms with Crippen molar-refractivity contribution < 1.29 is 14.7 Å². The van der Waals surface area contributed by atoms with Gasteiger partial charge in [-0.05, 0) is 12.8 Å². The van der Waals surface area contributed by atoms with Crippen molar-refractivity contribution in [2.45, 2.75) is 44.1 Å². The van der Waals surface area contributed by atoms with Crippen molar-refractivity contribution >= 4 is 11.9 Å². The lowest BCUT2D eigenvalue weighted by Gasteiger charge is -2.26. The molecule has 5 nitrogen and oxygen atoms in total. The third-order valence-corrected chi connectivity index (χ3v) is 3.19. The van der Waals surface area contributed by atoms with E-state index in [0.29, 0.717) is 6.42 Å². The van der Waals surface area contributed by atoms with Crippen LogP contribution in [-0.2, 0) is 9.59 Å². The van der Waals surface area contributed by atoms with Gasteiger partial charge < -0.3 is 15.7 Å². The Morgan fingerprint density at radius 2 is 1.94 bits per heavy atom. The van der Waals surface area contributed by atoms with Crippen LogP contribution in [0.5, 0.6) is 0 Å². The molecule has 5 heteroatoms. The van der Waals surface area contributed by atoms with Crippen LogP contribution < -0.4 is 5.73 Å². The Labute approximate surface area is 95.6 Å². The molecule has 0 saturated heterocycles. The molecule has 0 radical (unpaired) electrons. The standard InChI is InChI=1S/C11H20N2O3/c1-13(7-4-10(15)16)9(14)8-11(12)5-2-3-6-11/h2-8,12H2,1H3,(H,15,16).